The van der Waals surface area contributed by atoms with Gasteiger partial charge in [-0.15, -0.1) is 0 Å². The Hall–Kier alpha value is -2.52. The molecule has 1 aliphatic carbocycles. The molecule has 1 N–H and O–H groups in total. The maximum Gasteiger partial charge on any atom is 0.316 e. The van der Waals surface area contributed by atoms with Crippen molar-refractivity contribution in [1.29, 1.82) is 0 Å². The van der Waals surface area contributed by atoms with Crippen molar-refractivity contribution in [2.45, 2.75) is 6.42 Å². The summed E-state index contributed by atoms with van der Waals surface area (Å²) >= 11 is 0. The minimum Gasteiger partial charge on any atom is -0.486 e. The Kier molecular flexibility index (Phi) is 5.51. The number of halogens is 2. The van der Waals surface area contributed by atoms with Crippen LogP contribution in [0.4, 0.5) is 14.5 Å². The molecule has 1 aromatic heterocycles. The predicted octanol–water partition coefficient (Wildman–Crippen LogP) is 1.27. The number of hydrogen-bond donors (Lipinski definition) is 1. The second kappa shape index (κ2) is 8.08. The van der Waals surface area contributed by atoms with Crippen LogP contribution in [0.15, 0.2) is 29.2 Å². The number of aliphatic hydroxyl groups excluding tert-OH is 1. The first-order chi connectivity index (χ1) is 14.0. The van der Waals surface area contributed by atoms with E-state index in [9.17, 15) is 18.7 Å². The zero-order chi connectivity index (χ0) is 20.5. The fourth-order valence-corrected chi connectivity index (χ4v) is 3.61. The topological polar surface area (TPSA) is 70.8 Å². The lowest BCUT2D eigenvalue weighted by Gasteiger charge is -2.34. The zero-order valence-electron chi connectivity index (χ0n) is 16.2. The molecule has 2 fully saturated rings. The lowest BCUT2D eigenvalue weighted by atomic mass is 10.2. The van der Waals surface area contributed by atoms with Crippen molar-refractivity contribution >= 4 is 5.69 Å². The first-order valence-electron chi connectivity index (χ1n) is 9.72. The van der Waals surface area contributed by atoms with Crippen LogP contribution in [0, 0.1) is 23.5 Å². The largest absolute Gasteiger partial charge is 0.486 e. The van der Waals surface area contributed by atoms with Gasteiger partial charge in [0.25, 0.3) is 0 Å². The lowest BCUT2D eigenvalue weighted by molar-refractivity contribution is 0.240. The molecule has 1 saturated heterocycles. The molecule has 1 aromatic carbocycles. The molecule has 0 radical (unpaired) electrons. The summed E-state index contributed by atoms with van der Waals surface area (Å²) in [6.07, 6.45) is 2.37. The van der Waals surface area contributed by atoms with Gasteiger partial charge in [-0.2, -0.15) is 9.78 Å². The SMILES string of the molecule is CN1CCN(c2cnn(-c3cc(F)cc(F)c3)c(=O)c2OC[C@H]2C[C@@H]2CO)CC1. The minimum absolute atomic E-state index is 0.00179. The van der Waals surface area contributed by atoms with Gasteiger partial charge in [0, 0.05) is 38.9 Å². The maximum absolute atomic E-state index is 13.6. The number of aliphatic hydroxyl groups is 1. The predicted molar refractivity (Wildman–Crippen MR) is 104 cm³/mol. The highest BCUT2D eigenvalue weighted by molar-refractivity contribution is 5.57. The number of piperazine rings is 1. The highest BCUT2D eigenvalue weighted by Crippen LogP contribution is 2.38. The van der Waals surface area contributed by atoms with E-state index in [0.717, 1.165) is 55.5 Å². The van der Waals surface area contributed by atoms with Crippen LogP contribution in [0.1, 0.15) is 6.42 Å². The number of benzene rings is 1. The molecule has 2 heterocycles. The minimum atomic E-state index is -0.789. The van der Waals surface area contributed by atoms with Gasteiger partial charge in [0.2, 0.25) is 5.75 Å². The molecule has 1 saturated carbocycles. The number of nitrogens with zero attached hydrogens (tertiary/aromatic N) is 4. The Morgan fingerprint density at radius 2 is 1.83 bits per heavy atom. The van der Waals surface area contributed by atoms with E-state index in [-0.39, 0.29) is 29.9 Å². The fourth-order valence-electron chi connectivity index (χ4n) is 3.61. The summed E-state index contributed by atoms with van der Waals surface area (Å²) in [5, 5.41) is 13.4. The van der Waals surface area contributed by atoms with Crippen molar-refractivity contribution in [3.63, 3.8) is 0 Å². The van der Waals surface area contributed by atoms with Crippen LogP contribution in [0.25, 0.3) is 5.69 Å². The van der Waals surface area contributed by atoms with Gasteiger partial charge in [-0.1, -0.05) is 0 Å². The van der Waals surface area contributed by atoms with Crippen LogP contribution in [0.2, 0.25) is 0 Å². The van der Waals surface area contributed by atoms with Crippen LogP contribution in [-0.2, 0) is 0 Å². The molecule has 4 rings (SSSR count). The van der Waals surface area contributed by atoms with E-state index in [4.69, 9.17) is 4.74 Å². The van der Waals surface area contributed by atoms with Crippen molar-refractivity contribution in [3.8, 4) is 11.4 Å². The Morgan fingerprint density at radius 3 is 2.45 bits per heavy atom. The van der Waals surface area contributed by atoms with E-state index in [1.165, 1.54) is 6.20 Å². The smallest absolute Gasteiger partial charge is 0.316 e. The highest BCUT2D eigenvalue weighted by atomic mass is 19.1. The molecule has 2 atom stereocenters. The number of likely N-dealkylation sites (N-methyl/N-ethyl adjacent to an activating group) is 1. The number of hydrogen-bond acceptors (Lipinski definition) is 6. The van der Waals surface area contributed by atoms with Gasteiger partial charge in [0.15, 0.2) is 0 Å². The molecule has 9 heteroatoms. The van der Waals surface area contributed by atoms with Gasteiger partial charge in [0.05, 0.1) is 18.5 Å². The van der Waals surface area contributed by atoms with Crippen molar-refractivity contribution < 1.29 is 18.6 Å². The normalized spacial score (nSPS) is 22.0. The van der Waals surface area contributed by atoms with Crippen molar-refractivity contribution in [3.05, 3.63) is 46.4 Å². The molecule has 2 aromatic rings. The number of aromatic nitrogens is 2. The second-order valence-electron chi connectivity index (χ2n) is 7.74. The Morgan fingerprint density at radius 1 is 1.14 bits per heavy atom. The first-order valence-corrected chi connectivity index (χ1v) is 9.72. The third kappa shape index (κ3) is 4.25. The molecular formula is C20H24F2N4O3. The molecule has 1 aliphatic heterocycles. The van der Waals surface area contributed by atoms with Gasteiger partial charge in [0.1, 0.15) is 17.3 Å². The van der Waals surface area contributed by atoms with Crippen LogP contribution in [0.3, 0.4) is 0 Å². The molecule has 2 aliphatic rings. The molecular weight excluding hydrogens is 382 g/mol. The zero-order valence-corrected chi connectivity index (χ0v) is 16.2. The van der Waals surface area contributed by atoms with E-state index in [2.05, 4.69) is 10.00 Å². The van der Waals surface area contributed by atoms with Crippen LogP contribution in [-0.4, -0.2) is 66.2 Å². The number of rotatable bonds is 6. The van der Waals surface area contributed by atoms with E-state index in [0.29, 0.717) is 12.3 Å². The maximum atomic E-state index is 13.6. The van der Waals surface area contributed by atoms with Gasteiger partial charge in [-0.3, -0.25) is 4.79 Å². The molecule has 0 amide bonds. The first kappa shape index (κ1) is 19.8. The van der Waals surface area contributed by atoms with Gasteiger partial charge in [-0.25, -0.2) is 8.78 Å². The number of anilines is 1. The monoisotopic (exact) mass is 406 g/mol. The molecule has 0 bridgehead atoms. The average Bonchev–Trinajstić information content (AvgIpc) is 3.45. The average molecular weight is 406 g/mol. The van der Waals surface area contributed by atoms with Crippen molar-refractivity contribution in [2.75, 3.05) is 51.3 Å². The van der Waals surface area contributed by atoms with Crippen molar-refractivity contribution in [1.82, 2.24) is 14.7 Å². The molecule has 0 unspecified atom stereocenters. The third-order valence-corrected chi connectivity index (χ3v) is 5.60. The lowest BCUT2D eigenvalue weighted by Crippen LogP contribution is -2.45. The van der Waals surface area contributed by atoms with Gasteiger partial charge < -0.3 is 19.6 Å². The van der Waals surface area contributed by atoms with E-state index >= 15 is 0 Å². The van der Waals surface area contributed by atoms with Gasteiger partial charge in [-0.05, 0) is 37.4 Å². The third-order valence-electron chi connectivity index (χ3n) is 5.60. The molecule has 0 spiro atoms. The highest BCUT2D eigenvalue weighted by Gasteiger charge is 2.37. The summed E-state index contributed by atoms with van der Waals surface area (Å²) in [6, 6.07) is 2.85. The molecule has 7 nitrogen and oxygen atoms in total. The van der Waals surface area contributed by atoms with Crippen LogP contribution in [0.5, 0.6) is 5.75 Å². The summed E-state index contributed by atoms with van der Waals surface area (Å²) in [6.45, 7) is 3.52. The quantitative estimate of drug-likeness (QED) is 0.779. The standard InChI is InChI=1S/C20H24F2N4O3/c1-24-2-4-25(5-3-24)18-10-23-26(17-8-15(21)7-16(22)9-17)20(28)19(18)29-12-14-6-13(14)11-27/h7-10,13-14,27H,2-6,11-12H2,1H3/t13-,14-/m1/s1. The summed E-state index contributed by atoms with van der Waals surface area (Å²) in [5.41, 5.74) is 0.0204. The van der Waals surface area contributed by atoms with E-state index in [1.807, 2.05) is 11.9 Å². The summed E-state index contributed by atoms with van der Waals surface area (Å²) in [4.78, 5) is 17.4. The summed E-state index contributed by atoms with van der Waals surface area (Å²) in [7, 11) is 2.03. The van der Waals surface area contributed by atoms with E-state index < -0.39 is 17.2 Å². The number of ether oxygens (including phenoxy) is 1. The summed E-state index contributed by atoms with van der Waals surface area (Å²) < 4.78 is 34.1. The second-order valence-corrected chi connectivity index (χ2v) is 7.74. The Bertz CT molecular complexity index is 924. The van der Waals surface area contributed by atoms with Crippen LogP contribution >= 0.6 is 0 Å². The molecule has 29 heavy (non-hydrogen) atoms. The van der Waals surface area contributed by atoms with E-state index in [1.54, 1.807) is 0 Å². The Balaban J connectivity index is 1.69. The molecule has 156 valence electrons. The fraction of sp³-hybridized carbons (Fsp3) is 0.500. The van der Waals surface area contributed by atoms with Crippen LogP contribution < -0.4 is 15.2 Å². The van der Waals surface area contributed by atoms with Crippen molar-refractivity contribution in [2.24, 2.45) is 11.8 Å². The Labute approximate surface area is 167 Å². The van der Waals surface area contributed by atoms with Gasteiger partial charge >= 0.3 is 5.56 Å². The summed E-state index contributed by atoms with van der Waals surface area (Å²) in [5.74, 6) is -1.06.